The van der Waals surface area contributed by atoms with Gasteiger partial charge in [0.25, 0.3) is 0 Å². The third kappa shape index (κ3) is 8.97. The summed E-state index contributed by atoms with van der Waals surface area (Å²) in [5, 5.41) is 2.44. The number of carbonyl (C=O) groups excluding carboxylic acids is 1. The van der Waals surface area contributed by atoms with Crippen LogP contribution in [0.25, 0.3) is 0 Å². The minimum absolute atomic E-state index is 0.0369. The van der Waals surface area contributed by atoms with Crippen molar-refractivity contribution in [2.24, 2.45) is 11.1 Å². The number of hydrogen-bond acceptors (Lipinski definition) is 2. The molecule has 6 heteroatoms. The molecule has 102 valence electrons. The SMILES string of the molecule is CC(C)(C)C(N)CC(=O)NCCCC(F)(F)F. The average molecular weight is 254 g/mol. The fourth-order valence-electron chi connectivity index (χ4n) is 1.09. The van der Waals surface area contributed by atoms with Crippen LogP contribution >= 0.6 is 0 Å². The third-order valence-electron chi connectivity index (χ3n) is 2.48. The maximum absolute atomic E-state index is 11.8. The molecule has 0 fully saturated rings. The molecule has 0 saturated carbocycles. The minimum Gasteiger partial charge on any atom is -0.356 e. The van der Waals surface area contributed by atoms with Crippen LogP contribution in [0.2, 0.25) is 0 Å². The van der Waals surface area contributed by atoms with Gasteiger partial charge in [-0.1, -0.05) is 20.8 Å². The molecular weight excluding hydrogens is 233 g/mol. The molecule has 0 aliphatic rings. The van der Waals surface area contributed by atoms with Gasteiger partial charge in [0.2, 0.25) is 5.91 Å². The van der Waals surface area contributed by atoms with Crippen molar-refractivity contribution in [1.29, 1.82) is 0 Å². The van der Waals surface area contributed by atoms with Crippen molar-refractivity contribution in [2.45, 2.75) is 52.3 Å². The van der Waals surface area contributed by atoms with Crippen molar-refractivity contribution in [2.75, 3.05) is 6.54 Å². The quantitative estimate of drug-likeness (QED) is 0.739. The fraction of sp³-hybridized carbons (Fsp3) is 0.909. The Morgan fingerprint density at radius 3 is 2.24 bits per heavy atom. The highest BCUT2D eigenvalue weighted by atomic mass is 19.4. The van der Waals surface area contributed by atoms with Gasteiger partial charge in [0.15, 0.2) is 0 Å². The predicted octanol–water partition coefficient (Wildman–Crippen LogP) is 2.21. The van der Waals surface area contributed by atoms with Crippen LogP contribution in [-0.2, 0) is 4.79 Å². The van der Waals surface area contributed by atoms with Crippen LogP contribution in [0.3, 0.4) is 0 Å². The zero-order valence-corrected chi connectivity index (χ0v) is 10.5. The maximum Gasteiger partial charge on any atom is 0.389 e. The van der Waals surface area contributed by atoms with Gasteiger partial charge in [-0.15, -0.1) is 0 Å². The first-order valence-corrected chi connectivity index (χ1v) is 5.61. The van der Waals surface area contributed by atoms with Gasteiger partial charge < -0.3 is 11.1 Å². The highest BCUT2D eigenvalue weighted by molar-refractivity contribution is 5.76. The second-order valence-electron chi connectivity index (χ2n) is 5.25. The number of rotatable bonds is 5. The fourth-order valence-corrected chi connectivity index (χ4v) is 1.09. The molecule has 1 amide bonds. The van der Waals surface area contributed by atoms with Gasteiger partial charge in [0.05, 0.1) is 0 Å². The Morgan fingerprint density at radius 2 is 1.82 bits per heavy atom. The van der Waals surface area contributed by atoms with Gasteiger partial charge in [-0.3, -0.25) is 4.79 Å². The Balaban J connectivity index is 3.75. The Labute approximate surface area is 99.9 Å². The predicted molar refractivity (Wildman–Crippen MR) is 60.3 cm³/mol. The molecule has 0 aliphatic carbocycles. The standard InChI is InChI=1S/C11H21F3N2O/c1-10(2,3)8(15)7-9(17)16-6-4-5-11(12,13)14/h8H,4-7,15H2,1-3H3,(H,16,17). The van der Waals surface area contributed by atoms with Crippen molar-refractivity contribution in [3.8, 4) is 0 Å². The second-order valence-corrected chi connectivity index (χ2v) is 5.25. The summed E-state index contributed by atoms with van der Waals surface area (Å²) in [6.45, 7) is 5.77. The van der Waals surface area contributed by atoms with E-state index in [1.165, 1.54) is 0 Å². The lowest BCUT2D eigenvalue weighted by Crippen LogP contribution is -2.40. The van der Waals surface area contributed by atoms with Crippen LogP contribution in [-0.4, -0.2) is 24.7 Å². The molecule has 0 rings (SSSR count). The van der Waals surface area contributed by atoms with Crippen LogP contribution in [0.4, 0.5) is 13.2 Å². The van der Waals surface area contributed by atoms with Crippen LogP contribution in [0.1, 0.15) is 40.0 Å². The third-order valence-corrected chi connectivity index (χ3v) is 2.48. The molecule has 0 radical (unpaired) electrons. The van der Waals surface area contributed by atoms with Crippen LogP contribution in [0, 0.1) is 5.41 Å². The largest absolute Gasteiger partial charge is 0.389 e. The summed E-state index contributed by atoms with van der Waals surface area (Å²) in [5.41, 5.74) is 5.59. The lowest BCUT2D eigenvalue weighted by atomic mass is 9.85. The summed E-state index contributed by atoms with van der Waals surface area (Å²) in [7, 11) is 0. The van der Waals surface area contributed by atoms with E-state index in [1.807, 2.05) is 20.8 Å². The Hall–Kier alpha value is -0.780. The molecule has 3 N–H and O–H groups in total. The Kier molecular flexibility index (Phi) is 5.95. The molecule has 17 heavy (non-hydrogen) atoms. The minimum atomic E-state index is -4.16. The zero-order valence-electron chi connectivity index (χ0n) is 10.5. The van der Waals surface area contributed by atoms with E-state index in [1.54, 1.807) is 0 Å². The van der Waals surface area contributed by atoms with E-state index in [9.17, 15) is 18.0 Å². The summed E-state index contributed by atoms with van der Waals surface area (Å²) in [4.78, 5) is 11.4. The van der Waals surface area contributed by atoms with Gasteiger partial charge in [-0.2, -0.15) is 13.2 Å². The van der Waals surface area contributed by atoms with Crippen molar-refractivity contribution in [1.82, 2.24) is 5.32 Å². The summed E-state index contributed by atoms with van der Waals surface area (Å²) in [5.74, 6) is -0.297. The van der Waals surface area contributed by atoms with Gasteiger partial charge in [-0.25, -0.2) is 0 Å². The lowest BCUT2D eigenvalue weighted by Gasteiger charge is -2.26. The van der Waals surface area contributed by atoms with Crippen LogP contribution < -0.4 is 11.1 Å². The number of nitrogens with one attached hydrogen (secondary N) is 1. The van der Waals surface area contributed by atoms with Crippen molar-refractivity contribution in [3.63, 3.8) is 0 Å². The zero-order chi connectivity index (χ0) is 13.7. The molecule has 1 atom stereocenters. The van der Waals surface area contributed by atoms with E-state index in [0.29, 0.717) is 0 Å². The van der Waals surface area contributed by atoms with Crippen LogP contribution in [0.15, 0.2) is 0 Å². The Morgan fingerprint density at radius 1 is 1.29 bits per heavy atom. The molecule has 0 aliphatic heterocycles. The van der Waals surface area contributed by atoms with E-state index >= 15 is 0 Å². The van der Waals surface area contributed by atoms with Gasteiger partial charge in [0, 0.05) is 25.4 Å². The summed E-state index contributed by atoms with van der Waals surface area (Å²) in [6, 6.07) is -0.301. The molecule has 0 bridgehead atoms. The first kappa shape index (κ1) is 16.2. The van der Waals surface area contributed by atoms with Crippen molar-refractivity contribution >= 4 is 5.91 Å². The highest BCUT2D eigenvalue weighted by Crippen LogP contribution is 2.21. The molecular formula is C11H21F3N2O. The number of amides is 1. The number of alkyl halides is 3. The number of nitrogens with two attached hydrogens (primary N) is 1. The molecule has 0 aromatic carbocycles. The van der Waals surface area contributed by atoms with Gasteiger partial charge >= 0.3 is 6.18 Å². The summed E-state index contributed by atoms with van der Waals surface area (Å²) in [6.07, 6.45) is -5.00. The summed E-state index contributed by atoms with van der Waals surface area (Å²) >= 11 is 0. The molecule has 3 nitrogen and oxygen atoms in total. The topological polar surface area (TPSA) is 55.1 Å². The number of halogens is 3. The van der Waals surface area contributed by atoms with E-state index in [2.05, 4.69) is 5.32 Å². The normalized spacial score (nSPS) is 14.5. The molecule has 0 heterocycles. The highest BCUT2D eigenvalue weighted by Gasteiger charge is 2.26. The van der Waals surface area contributed by atoms with E-state index in [-0.39, 0.29) is 36.8 Å². The molecule has 1 unspecified atom stereocenters. The van der Waals surface area contributed by atoms with Gasteiger partial charge in [-0.05, 0) is 11.8 Å². The monoisotopic (exact) mass is 254 g/mol. The first-order valence-electron chi connectivity index (χ1n) is 5.61. The molecule has 0 spiro atoms. The van der Waals surface area contributed by atoms with Crippen LogP contribution in [0.5, 0.6) is 0 Å². The summed E-state index contributed by atoms with van der Waals surface area (Å²) < 4.78 is 35.4. The Bertz CT molecular complexity index is 246. The first-order chi connectivity index (χ1) is 7.52. The molecule has 0 aromatic heterocycles. The number of carbonyl (C=O) groups is 1. The molecule has 0 saturated heterocycles. The second kappa shape index (κ2) is 6.23. The van der Waals surface area contributed by atoms with E-state index in [4.69, 9.17) is 5.73 Å². The average Bonchev–Trinajstić information content (AvgIpc) is 2.09. The smallest absolute Gasteiger partial charge is 0.356 e. The van der Waals surface area contributed by atoms with Gasteiger partial charge in [0.1, 0.15) is 0 Å². The number of hydrogen-bond donors (Lipinski definition) is 2. The molecule has 0 aromatic rings. The van der Waals surface area contributed by atoms with Crippen molar-refractivity contribution < 1.29 is 18.0 Å². The van der Waals surface area contributed by atoms with Crippen molar-refractivity contribution in [3.05, 3.63) is 0 Å². The maximum atomic E-state index is 11.8. The van der Waals surface area contributed by atoms with E-state index < -0.39 is 12.6 Å². The van der Waals surface area contributed by atoms with E-state index in [0.717, 1.165) is 0 Å². The lowest BCUT2D eigenvalue weighted by molar-refractivity contribution is -0.136.